The standard InChI is InChI=1S/C24H24N4OS/c1-17-21(23(29)26-15-19-11-6-3-7-12-19)30-24(27-17)22-25-16-20(28-22)14-8-13-18-9-4-2-5-10-18/h2-7,9-12H,8,13-16H2,1H3,(H,26,29). The van der Waals surface area contributed by atoms with E-state index in [2.05, 4.69) is 39.6 Å². The molecule has 0 saturated carbocycles. The van der Waals surface area contributed by atoms with Crippen LogP contribution in [0.5, 0.6) is 0 Å². The van der Waals surface area contributed by atoms with Crippen molar-refractivity contribution in [3.63, 3.8) is 0 Å². The van der Waals surface area contributed by atoms with Gasteiger partial charge in [-0.3, -0.25) is 4.99 Å². The molecule has 0 radical (unpaired) electrons. The second-order valence-corrected chi connectivity index (χ2v) is 8.26. The number of aromatic nitrogens is 1. The van der Waals surface area contributed by atoms with Crippen LogP contribution in [0.25, 0.3) is 0 Å². The maximum atomic E-state index is 12.5. The summed E-state index contributed by atoms with van der Waals surface area (Å²) in [5.74, 6) is 0.547. The fourth-order valence-corrected chi connectivity index (χ4v) is 4.28. The zero-order valence-electron chi connectivity index (χ0n) is 17.0. The van der Waals surface area contributed by atoms with Crippen molar-refractivity contribution in [3.05, 3.63) is 87.4 Å². The first kappa shape index (κ1) is 20.1. The molecule has 0 saturated heterocycles. The van der Waals surface area contributed by atoms with E-state index in [1.165, 1.54) is 16.9 Å². The lowest BCUT2D eigenvalue weighted by atomic mass is 10.1. The minimum atomic E-state index is -0.217. The molecule has 0 atom stereocenters. The highest BCUT2D eigenvalue weighted by molar-refractivity contribution is 7.15. The van der Waals surface area contributed by atoms with Gasteiger partial charge in [-0.2, -0.15) is 0 Å². The van der Waals surface area contributed by atoms with E-state index in [4.69, 9.17) is 4.67 Å². The number of rotatable bonds is 8. The first-order valence-electron chi connectivity index (χ1n) is 10.1. The Kier molecular flexibility index (Phi) is 6.38. The average Bonchev–Trinajstić information content (AvgIpc) is 3.40. The number of amidine groups is 1. The summed E-state index contributed by atoms with van der Waals surface area (Å²) in [6.07, 6.45) is 3.07. The van der Waals surface area contributed by atoms with Crippen molar-refractivity contribution in [1.29, 1.82) is 0 Å². The molecule has 2 aromatic carbocycles. The monoisotopic (exact) mass is 416 g/mol. The van der Waals surface area contributed by atoms with E-state index in [1.54, 1.807) is 0 Å². The fraction of sp³-hybridized carbons (Fsp3) is 0.250. The van der Waals surface area contributed by atoms with Crippen LogP contribution < -0.4 is 15.1 Å². The molecule has 6 heteroatoms. The highest BCUT2D eigenvalue weighted by atomic mass is 32.1. The van der Waals surface area contributed by atoms with Gasteiger partial charge in [0.15, 0.2) is 6.54 Å². The fourth-order valence-electron chi connectivity index (χ4n) is 3.35. The van der Waals surface area contributed by atoms with Crippen molar-refractivity contribution in [2.75, 3.05) is 6.54 Å². The quantitative estimate of drug-likeness (QED) is 0.348. The molecule has 0 unspecified atom stereocenters. The maximum Gasteiger partial charge on any atom is 0.404 e. The van der Waals surface area contributed by atoms with Gasteiger partial charge in [-0.25, -0.2) is 15.0 Å². The second-order valence-electron chi connectivity index (χ2n) is 7.26. The van der Waals surface area contributed by atoms with Crippen LogP contribution in [-0.4, -0.2) is 29.0 Å². The largest absolute Gasteiger partial charge is 0.858 e. The molecule has 5 nitrogen and oxygen atoms in total. The lowest BCUT2D eigenvalue weighted by Crippen LogP contribution is -2.23. The minimum absolute atomic E-state index is 0.217. The zero-order chi connectivity index (χ0) is 20.8. The predicted octanol–water partition coefficient (Wildman–Crippen LogP) is 2.64. The highest BCUT2D eigenvalue weighted by Crippen LogP contribution is 2.18. The Hall–Kier alpha value is -3.21. The van der Waals surface area contributed by atoms with Crippen molar-refractivity contribution >= 4 is 28.8 Å². The number of nitrogens with one attached hydrogen (secondary N) is 1. The van der Waals surface area contributed by atoms with E-state index in [0.717, 1.165) is 47.9 Å². The smallest absolute Gasteiger partial charge is 0.404 e. The van der Waals surface area contributed by atoms with Gasteiger partial charge in [-0.15, -0.1) is 11.3 Å². The Balaban J connectivity index is 1.42. The molecule has 4 rings (SSSR count). The van der Waals surface area contributed by atoms with Crippen molar-refractivity contribution in [3.8, 4) is 0 Å². The summed E-state index contributed by atoms with van der Waals surface area (Å²) in [7, 11) is 0. The zero-order valence-corrected chi connectivity index (χ0v) is 17.8. The van der Waals surface area contributed by atoms with Gasteiger partial charge in [0, 0.05) is 12.3 Å². The summed E-state index contributed by atoms with van der Waals surface area (Å²) >= 11 is 1.36. The molecule has 0 bridgehead atoms. The Morgan fingerprint density at radius 1 is 1.07 bits per heavy atom. The van der Waals surface area contributed by atoms with Crippen LogP contribution in [0.4, 0.5) is 0 Å². The molecule has 1 aliphatic heterocycles. The maximum absolute atomic E-state index is 12.5. The van der Waals surface area contributed by atoms with Crippen LogP contribution in [-0.2, 0) is 13.0 Å². The third kappa shape index (κ3) is 5.03. The van der Waals surface area contributed by atoms with E-state index >= 15 is 0 Å². The van der Waals surface area contributed by atoms with Crippen LogP contribution in [0.15, 0.2) is 65.7 Å². The van der Waals surface area contributed by atoms with E-state index in [9.17, 15) is 5.11 Å². The first-order valence-corrected chi connectivity index (χ1v) is 11.0. The number of nitrogens with zero attached hydrogens (tertiary/aromatic N) is 3. The molecule has 1 aromatic heterocycles. The molecule has 0 aliphatic carbocycles. The van der Waals surface area contributed by atoms with Crippen LogP contribution >= 0.6 is 11.3 Å². The van der Waals surface area contributed by atoms with Gasteiger partial charge in [-0.05, 0) is 30.9 Å². The molecule has 152 valence electrons. The van der Waals surface area contributed by atoms with Crippen LogP contribution in [0.2, 0.25) is 0 Å². The third-order valence-corrected chi connectivity index (χ3v) is 6.10. The van der Waals surface area contributed by atoms with E-state index < -0.39 is 0 Å². The van der Waals surface area contributed by atoms with Crippen LogP contribution in [0, 0.1) is 6.92 Å². The molecular weight excluding hydrogens is 392 g/mol. The van der Waals surface area contributed by atoms with Gasteiger partial charge in [0.1, 0.15) is 0 Å². The Labute approximate surface area is 180 Å². The normalized spacial score (nSPS) is 13.7. The van der Waals surface area contributed by atoms with E-state index in [1.807, 2.05) is 43.3 Å². The number of hydrogen-bond donors (Lipinski definition) is 1. The van der Waals surface area contributed by atoms with Crippen molar-refractivity contribution in [1.82, 2.24) is 15.0 Å². The summed E-state index contributed by atoms with van der Waals surface area (Å²) in [4.78, 5) is 9.36. The Morgan fingerprint density at radius 3 is 2.50 bits per heavy atom. The number of aryl methyl sites for hydroxylation is 2. The lowest BCUT2D eigenvalue weighted by Gasteiger charge is -2.08. The summed E-state index contributed by atoms with van der Waals surface area (Å²) in [5.41, 5.74) is 4.21. The molecule has 30 heavy (non-hydrogen) atoms. The SMILES string of the molecule is Cc1nc(C2=[N+]=C(CCCc3ccccc3)CN2)sc1C([O-])=NCc1ccccc1. The van der Waals surface area contributed by atoms with Crippen molar-refractivity contribution in [2.45, 2.75) is 32.7 Å². The molecule has 0 amide bonds. The number of aliphatic imine (C=N–C) groups is 1. The molecule has 0 spiro atoms. The van der Waals surface area contributed by atoms with Crippen molar-refractivity contribution in [2.24, 2.45) is 4.99 Å². The molecule has 3 aromatic rings. The van der Waals surface area contributed by atoms with Gasteiger partial charge < -0.3 is 5.11 Å². The molecule has 1 N–H and O–H groups in total. The average molecular weight is 417 g/mol. The Morgan fingerprint density at radius 2 is 1.77 bits per heavy atom. The van der Waals surface area contributed by atoms with Crippen LogP contribution in [0.1, 0.15) is 39.5 Å². The molecular formula is C24H24N4OS. The highest BCUT2D eigenvalue weighted by Gasteiger charge is 2.26. The van der Waals surface area contributed by atoms with Gasteiger partial charge >= 0.3 is 5.84 Å². The molecule has 1 aliphatic rings. The summed E-state index contributed by atoms with van der Waals surface area (Å²) < 4.78 is 4.73. The van der Waals surface area contributed by atoms with Gasteiger partial charge in [0.25, 0.3) is 0 Å². The summed E-state index contributed by atoms with van der Waals surface area (Å²) in [6, 6.07) is 20.3. The predicted molar refractivity (Wildman–Crippen MR) is 122 cm³/mol. The Bertz CT molecular complexity index is 1100. The van der Waals surface area contributed by atoms with Crippen molar-refractivity contribution < 1.29 is 5.11 Å². The topological polar surface area (TPSA) is 74.4 Å². The minimum Gasteiger partial charge on any atom is -0.858 e. The molecule has 2 heterocycles. The second kappa shape index (κ2) is 9.53. The van der Waals surface area contributed by atoms with Crippen LogP contribution in [0.3, 0.4) is 0 Å². The van der Waals surface area contributed by atoms with E-state index in [0.29, 0.717) is 17.1 Å². The number of thiazole rings is 1. The molecule has 0 fully saturated rings. The van der Waals surface area contributed by atoms with Gasteiger partial charge in [0.05, 0.1) is 17.1 Å². The summed E-state index contributed by atoms with van der Waals surface area (Å²) in [5, 5.41) is 16.6. The van der Waals surface area contributed by atoms with Gasteiger partial charge in [0.2, 0.25) is 10.7 Å². The summed E-state index contributed by atoms with van der Waals surface area (Å²) in [6.45, 7) is 2.97. The first-order chi connectivity index (χ1) is 14.7. The third-order valence-electron chi connectivity index (χ3n) is 4.94. The van der Waals surface area contributed by atoms with Gasteiger partial charge in [-0.1, -0.05) is 60.7 Å². The number of hydrogen-bond acceptors (Lipinski definition) is 5. The number of benzene rings is 2. The van der Waals surface area contributed by atoms with E-state index in [-0.39, 0.29) is 5.90 Å². The lowest BCUT2D eigenvalue weighted by molar-refractivity contribution is -0.213.